The number of nitrogens with zero attached hydrogens (tertiary/aromatic N) is 1. The van der Waals surface area contributed by atoms with Crippen molar-refractivity contribution in [1.29, 1.82) is 0 Å². The third-order valence-electron chi connectivity index (χ3n) is 2.89. The highest BCUT2D eigenvalue weighted by Gasteiger charge is 2.10. The lowest BCUT2D eigenvalue weighted by Gasteiger charge is -2.18. The van der Waals surface area contributed by atoms with Gasteiger partial charge >= 0.3 is 0 Å². The third kappa shape index (κ3) is 2.93. The lowest BCUT2D eigenvalue weighted by atomic mass is 10.0. The molecule has 3 N–H and O–H groups in total. The Bertz CT molecular complexity index is 545. The molecule has 0 bridgehead atoms. The van der Waals surface area contributed by atoms with E-state index in [-0.39, 0.29) is 0 Å². The van der Waals surface area contributed by atoms with E-state index in [0.717, 1.165) is 33.0 Å². The molecule has 3 nitrogen and oxygen atoms in total. The van der Waals surface area contributed by atoms with Crippen LogP contribution in [0.25, 0.3) is 10.2 Å². The Balaban J connectivity index is 2.24. The van der Waals surface area contributed by atoms with Crippen molar-refractivity contribution in [1.82, 2.24) is 4.98 Å². The second kappa shape index (κ2) is 5.14. The van der Waals surface area contributed by atoms with Gasteiger partial charge in [-0.25, -0.2) is 4.98 Å². The lowest BCUT2D eigenvalue weighted by molar-refractivity contribution is 0.540. The zero-order chi connectivity index (χ0) is 13.3. The molecule has 1 atom stereocenters. The minimum absolute atomic E-state index is 0.421. The third-order valence-corrected chi connectivity index (χ3v) is 3.83. The van der Waals surface area contributed by atoms with E-state index in [4.69, 9.17) is 5.73 Å². The van der Waals surface area contributed by atoms with Gasteiger partial charge in [-0.3, -0.25) is 0 Å². The summed E-state index contributed by atoms with van der Waals surface area (Å²) in [4.78, 5) is 4.51. The van der Waals surface area contributed by atoms with Crippen molar-refractivity contribution < 1.29 is 0 Å². The molecule has 0 spiro atoms. The predicted octanol–water partition coefficient (Wildman–Crippen LogP) is 4.03. The van der Waals surface area contributed by atoms with Crippen molar-refractivity contribution >= 4 is 32.9 Å². The van der Waals surface area contributed by atoms with Crippen molar-refractivity contribution in [2.24, 2.45) is 5.92 Å². The summed E-state index contributed by atoms with van der Waals surface area (Å²) in [6.07, 6.45) is 1.13. The Hall–Kier alpha value is -1.29. The van der Waals surface area contributed by atoms with Gasteiger partial charge in [-0.1, -0.05) is 13.8 Å². The Morgan fingerprint density at radius 2 is 2.06 bits per heavy atom. The van der Waals surface area contributed by atoms with Crippen molar-refractivity contribution in [3.05, 3.63) is 17.1 Å². The van der Waals surface area contributed by atoms with E-state index >= 15 is 0 Å². The molecule has 1 aromatic carbocycles. The number of anilines is 2. The number of nitrogens with two attached hydrogens (primary N) is 1. The standard InChI is InChI=1S/C14H21N3S/c1-8(2)5-9(3)16-12-7-13-14(6-11(12)15)18-10(4)17-13/h6-9,16H,5,15H2,1-4H3. The zero-order valence-electron chi connectivity index (χ0n) is 11.4. The summed E-state index contributed by atoms with van der Waals surface area (Å²) in [5, 5.41) is 4.56. The number of hydrogen-bond donors (Lipinski definition) is 2. The average molecular weight is 263 g/mol. The van der Waals surface area contributed by atoms with Crippen LogP contribution in [-0.2, 0) is 0 Å². The van der Waals surface area contributed by atoms with Gasteiger partial charge in [-0.05, 0) is 38.3 Å². The summed E-state index contributed by atoms with van der Waals surface area (Å²) in [5.41, 5.74) is 8.93. The zero-order valence-corrected chi connectivity index (χ0v) is 12.3. The fourth-order valence-electron chi connectivity index (χ4n) is 2.26. The van der Waals surface area contributed by atoms with Crippen molar-refractivity contribution in [3.8, 4) is 0 Å². The Kier molecular flexibility index (Phi) is 3.76. The van der Waals surface area contributed by atoms with E-state index in [1.807, 2.05) is 13.0 Å². The fourth-order valence-corrected chi connectivity index (χ4v) is 3.12. The van der Waals surface area contributed by atoms with Crippen molar-refractivity contribution in [3.63, 3.8) is 0 Å². The van der Waals surface area contributed by atoms with Gasteiger partial charge in [0.05, 0.1) is 26.6 Å². The Labute approximate surface area is 112 Å². The number of thiazole rings is 1. The number of nitrogens with one attached hydrogen (secondary N) is 1. The van der Waals surface area contributed by atoms with Crippen LogP contribution in [-0.4, -0.2) is 11.0 Å². The largest absolute Gasteiger partial charge is 0.397 e. The van der Waals surface area contributed by atoms with E-state index in [1.165, 1.54) is 0 Å². The highest BCUT2D eigenvalue weighted by Crippen LogP contribution is 2.30. The summed E-state index contributed by atoms with van der Waals surface area (Å²) >= 11 is 1.69. The number of benzene rings is 1. The Morgan fingerprint density at radius 1 is 1.33 bits per heavy atom. The van der Waals surface area contributed by atoms with Crippen LogP contribution in [0.4, 0.5) is 11.4 Å². The molecule has 0 aliphatic heterocycles. The summed E-state index contributed by atoms with van der Waals surface area (Å²) in [5.74, 6) is 0.680. The fraction of sp³-hybridized carbons (Fsp3) is 0.500. The molecule has 0 radical (unpaired) electrons. The smallest absolute Gasteiger partial charge is 0.0907 e. The number of hydrogen-bond acceptors (Lipinski definition) is 4. The molecule has 1 heterocycles. The molecule has 0 amide bonds. The van der Waals surface area contributed by atoms with Gasteiger partial charge < -0.3 is 11.1 Å². The van der Waals surface area contributed by atoms with Gasteiger partial charge in [-0.2, -0.15) is 0 Å². The number of rotatable bonds is 4. The van der Waals surface area contributed by atoms with Crippen LogP contribution in [0.2, 0.25) is 0 Å². The average Bonchev–Trinajstić information content (AvgIpc) is 2.56. The van der Waals surface area contributed by atoms with Gasteiger partial charge in [0.2, 0.25) is 0 Å². The molecular weight excluding hydrogens is 242 g/mol. The second-order valence-electron chi connectivity index (χ2n) is 5.32. The Morgan fingerprint density at radius 3 is 2.72 bits per heavy atom. The molecule has 0 fully saturated rings. The molecule has 4 heteroatoms. The highest BCUT2D eigenvalue weighted by molar-refractivity contribution is 7.18. The highest BCUT2D eigenvalue weighted by atomic mass is 32.1. The molecule has 1 aromatic heterocycles. The van der Waals surface area contributed by atoms with Gasteiger partial charge in [0.15, 0.2) is 0 Å². The van der Waals surface area contributed by atoms with Gasteiger partial charge in [0, 0.05) is 6.04 Å². The van der Waals surface area contributed by atoms with E-state index in [9.17, 15) is 0 Å². The lowest BCUT2D eigenvalue weighted by Crippen LogP contribution is -2.18. The quantitative estimate of drug-likeness (QED) is 0.819. The normalized spacial score (nSPS) is 13.2. The van der Waals surface area contributed by atoms with Crippen molar-refractivity contribution in [2.75, 3.05) is 11.1 Å². The summed E-state index contributed by atoms with van der Waals surface area (Å²) in [6, 6.07) is 4.50. The van der Waals surface area contributed by atoms with Gasteiger partial charge in [0.25, 0.3) is 0 Å². The number of aryl methyl sites for hydroxylation is 1. The predicted molar refractivity (Wildman–Crippen MR) is 81.3 cm³/mol. The molecule has 98 valence electrons. The molecule has 0 aliphatic carbocycles. The molecule has 2 aromatic rings. The number of fused-ring (bicyclic) bond motifs is 1. The molecule has 0 saturated carbocycles. The number of aromatic nitrogens is 1. The second-order valence-corrected chi connectivity index (χ2v) is 6.55. The van der Waals surface area contributed by atoms with Crippen LogP contribution in [0.1, 0.15) is 32.2 Å². The molecule has 1 unspecified atom stereocenters. The SMILES string of the molecule is Cc1nc2cc(NC(C)CC(C)C)c(N)cc2s1. The van der Waals surface area contributed by atoms with E-state index in [1.54, 1.807) is 11.3 Å². The van der Waals surface area contributed by atoms with Gasteiger partial charge in [-0.15, -0.1) is 11.3 Å². The molecular formula is C14H21N3S. The first-order chi connectivity index (χ1) is 8.45. The summed E-state index contributed by atoms with van der Waals surface area (Å²) in [7, 11) is 0. The van der Waals surface area contributed by atoms with E-state index in [0.29, 0.717) is 12.0 Å². The van der Waals surface area contributed by atoms with Crippen LogP contribution in [0, 0.1) is 12.8 Å². The molecule has 0 saturated heterocycles. The van der Waals surface area contributed by atoms with Crippen LogP contribution < -0.4 is 11.1 Å². The molecule has 18 heavy (non-hydrogen) atoms. The number of nitrogen functional groups attached to an aromatic ring is 1. The monoisotopic (exact) mass is 263 g/mol. The van der Waals surface area contributed by atoms with Crippen LogP contribution in [0.15, 0.2) is 12.1 Å². The first-order valence-electron chi connectivity index (χ1n) is 6.39. The molecule has 2 rings (SSSR count). The first kappa shape index (κ1) is 13.1. The first-order valence-corrected chi connectivity index (χ1v) is 7.20. The topological polar surface area (TPSA) is 50.9 Å². The minimum Gasteiger partial charge on any atom is -0.397 e. The summed E-state index contributed by atoms with van der Waals surface area (Å²) in [6.45, 7) is 8.67. The van der Waals surface area contributed by atoms with E-state index in [2.05, 4.69) is 37.1 Å². The minimum atomic E-state index is 0.421. The van der Waals surface area contributed by atoms with Crippen LogP contribution in [0.3, 0.4) is 0 Å². The van der Waals surface area contributed by atoms with Crippen LogP contribution in [0.5, 0.6) is 0 Å². The van der Waals surface area contributed by atoms with E-state index < -0.39 is 0 Å². The van der Waals surface area contributed by atoms with Crippen LogP contribution >= 0.6 is 11.3 Å². The maximum atomic E-state index is 6.09. The summed E-state index contributed by atoms with van der Waals surface area (Å²) < 4.78 is 1.16. The maximum Gasteiger partial charge on any atom is 0.0907 e. The molecule has 0 aliphatic rings. The van der Waals surface area contributed by atoms with Crippen molar-refractivity contribution in [2.45, 2.75) is 40.2 Å². The van der Waals surface area contributed by atoms with Gasteiger partial charge in [0.1, 0.15) is 0 Å². The maximum absolute atomic E-state index is 6.09.